The molecule has 0 unspecified atom stereocenters. The van der Waals surface area contributed by atoms with Crippen LogP contribution in [0.4, 0.5) is 0 Å². The Morgan fingerprint density at radius 2 is 1.08 bits per heavy atom. The molecule has 124 valence electrons. The van der Waals surface area contributed by atoms with Crippen molar-refractivity contribution >= 4 is 0 Å². The normalized spacial score (nSPS) is 9.56. The van der Waals surface area contributed by atoms with Crippen LogP contribution in [0.25, 0.3) is 0 Å². The van der Waals surface area contributed by atoms with Crippen LogP contribution in [0.5, 0.6) is 0 Å². The van der Waals surface area contributed by atoms with E-state index in [1.165, 1.54) is 5.57 Å². The van der Waals surface area contributed by atoms with Gasteiger partial charge in [-0.05, 0) is 31.2 Å². The molecule has 0 aromatic heterocycles. The van der Waals surface area contributed by atoms with Crippen molar-refractivity contribution < 1.29 is 26.4 Å². The van der Waals surface area contributed by atoms with Crippen molar-refractivity contribution in [2.45, 2.75) is 6.92 Å². The molecule has 2 radical (unpaired) electrons. The van der Waals surface area contributed by atoms with Gasteiger partial charge in [0.15, 0.2) is 0 Å². The van der Waals surface area contributed by atoms with E-state index < -0.39 is 0 Å². The summed E-state index contributed by atoms with van der Waals surface area (Å²) in [4.78, 5) is 0. The maximum atomic E-state index is 7.50. The van der Waals surface area contributed by atoms with Gasteiger partial charge in [-0.3, -0.25) is 0 Å². The fraction of sp³-hybridized carbons (Fsp3) is 0.0455. The molecule has 0 bridgehead atoms. The Labute approximate surface area is 160 Å². The molecule has 2 nitrogen and oxygen atoms in total. The molecule has 1 aliphatic rings. The molecule has 0 heterocycles. The molecule has 2 aromatic rings. The molecular weight excluding hydrogens is 351 g/mol. The fourth-order valence-corrected chi connectivity index (χ4v) is 1.66. The van der Waals surface area contributed by atoms with Crippen molar-refractivity contribution in [3.8, 4) is 11.8 Å². The molecule has 2 aromatic carbocycles. The van der Waals surface area contributed by atoms with E-state index in [1.54, 1.807) is 0 Å². The van der Waals surface area contributed by atoms with Crippen molar-refractivity contribution in [3.63, 3.8) is 0 Å². The maximum absolute atomic E-state index is 7.50. The largest absolute Gasteiger partial charge is 0 e. The summed E-state index contributed by atoms with van der Waals surface area (Å²) < 4.78 is 15.0. The Bertz CT molecular complexity index is 681. The van der Waals surface area contributed by atoms with Gasteiger partial charge in [0.1, 0.15) is 0 Å². The Balaban J connectivity index is 0. The van der Waals surface area contributed by atoms with Crippen molar-refractivity contribution in [2.75, 3.05) is 0 Å². The van der Waals surface area contributed by atoms with Crippen LogP contribution in [0.1, 0.15) is 18.1 Å². The van der Waals surface area contributed by atoms with Crippen molar-refractivity contribution in [1.29, 1.82) is 0 Å². The van der Waals surface area contributed by atoms with E-state index in [0.29, 0.717) is 0 Å². The summed E-state index contributed by atoms with van der Waals surface area (Å²) in [5.41, 5.74) is 3.45. The predicted octanol–water partition coefficient (Wildman–Crippen LogP) is 4.72. The molecule has 0 atom stereocenters. The zero-order chi connectivity index (χ0) is 18.0. The quantitative estimate of drug-likeness (QED) is 0.280. The summed E-state index contributed by atoms with van der Waals surface area (Å²) in [5.74, 6) is 6.22. The van der Waals surface area contributed by atoms with E-state index in [4.69, 9.17) is 9.30 Å². The molecule has 0 N–H and O–H groups in total. The van der Waals surface area contributed by atoms with Crippen LogP contribution in [0.15, 0.2) is 84.5 Å². The van der Waals surface area contributed by atoms with Crippen LogP contribution in [-0.4, -0.2) is 0 Å². The van der Waals surface area contributed by atoms with Crippen molar-refractivity contribution in [1.82, 2.24) is 0 Å². The Morgan fingerprint density at radius 3 is 1.32 bits per heavy atom. The van der Waals surface area contributed by atoms with Crippen LogP contribution in [0, 0.1) is 31.6 Å². The monoisotopic (exact) mass is 368 g/mol. The number of hydrogen-bond acceptors (Lipinski definition) is 0. The van der Waals surface area contributed by atoms with Crippen molar-refractivity contribution in [3.05, 3.63) is 115 Å². The van der Waals surface area contributed by atoms with Crippen molar-refractivity contribution in [2.24, 2.45) is 0 Å². The average Bonchev–Trinajstić information content (AvgIpc) is 3.16. The minimum atomic E-state index is 0. The third kappa shape index (κ3) is 12.6. The van der Waals surface area contributed by atoms with E-state index in [1.807, 2.05) is 72.8 Å². The van der Waals surface area contributed by atoms with Gasteiger partial charge in [0.05, 0.1) is 0 Å². The van der Waals surface area contributed by atoms with Crippen LogP contribution >= 0.6 is 0 Å². The first-order valence-corrected chi connectivity index (χ1v) is 7.06. The summed E-state index contributed by atoms with van der Waals surface area (Å²) in [6, 6.07) is 20.0. The first kappa shape index (κ1) is 24.7. The summed E-state index contributed by atoms with van der Waals surface area (Å²) in [5, 5.41) is 0. The van der Waals surface area contributed by atoms with Crippen LogP contribution in [0.3, 0.4) is 0 Å². The van der Waals surface area contributed by atoms with E-state index in [0.717, 1.165) is 11.1 Å². The smallest absolute Gasteiger partial charge is 0 e. The Hall–Kier alpha value is -2.52. The van der Waals surface area contributed by atoms with Gasteiger partial charge in [-0.15, -0.1) is 0 Å². The third-order valence-corrected chi connectivity index (χ3v) is 2.73. The molecule has 0 fully saturated rings. The van der Waals surface area contributed by atoms with Gasteiger partial charge in [0.25, 0.3) is 0 Å². The molecule has 3 heteroatoms. The maximum Gasteiger partial charge on any atom is 0 e. The molecule has 1 aliphatic carbocycles. The molecule has 0 saturated heterocycles. The second-order valence-electron chi connectivity index (χ2n) is 4.44. The number of rotatable bonds is 0. The van der Waals surface area contributed by atoms with E-state index in [-0.39, 0.29) is 17.1 Å². The zero-order valence-corrected chi connectivity index (χ0v) is 15.0. The van der Waals surface area contributed by atoms with Gasteiger partial charge < -0.3 is 0 Å². The third-order valence-electron chi connectivity index (χ3n) is 2.73. The molecule has 0 saturated carbocycles. The number of benzene rings is 2. The molecule has 0 amide bonds. The van der Waals surface area contributed by atoms with Gasteiger partial charge in [0, 0.05) is 34.6 Å². The van der Waals surface area contributed by atoms with Crippen LogP contribution < -0.4 is 0 Å². The summed E-state index contributed by atoms with van der Waals surface area (Å²) in [6.45, 7) is 11.1. The van der Waals surface area contributed by atoms with E-state index in [9.17, 15) is 0 Å². The predicted molar refractivity (Wildman–Crippen MR) is 93.9 cm³/mol. The first-order valence-electron chi connectivity index (χ1n) is 7.06. The fourth-order valence-electron chi connectivity index (χ4n) is 1.66. The van der Waals surface area contributed by atoms with Crippen LogP contribution in [0.2, 0.25) is 0 Å². The summed E-state index contributed by atoms with van der Waals surface area (Å²) in [7, 11) is 0. The van der Waals surface area contributed by atoms with Gasteiger partial charge in [-0.1, -0.05) is 72.0 Å². The standard InChI is InChI=1S/C14H10.C6H7.2CO.Mn/c1-3-7-13(8-4-1)11-12-14-9-5-2-6-10-14;1-6-4-2-3-5-6;2*1-2;/h1-10H;2-5H,1H3;;;. The Morgan fingerprint density at radius 1 is 0.680 bits per heavy atom. The second kappa shape index (κ2) is 17.8. The number of allylic oxidation sites excluding steroid dienone is 4. The first-order chi connectivity index (χ1) is 11.8. The molecule has 3 rings (SSSR count). The topological polar surface area (TPSA) is 39.8 Å². The summed E-state index contributed by atoms with van der Waals surface area (Å²) >= 11 is 0. The minimum Gasteiger partial charge on any atom is 0 e. The second-order valence-corrected chi connectivity index (χ2v) is 4.44. The van der Waals surface area contributed by atoms with Gasteiger partial charge >= 0.3 is 22.6 Å². The zero-order valence-electron chi connectivity index (χ0n) is 13.8. The van der Waals surface area contributed by atoms with Gasteiger partial charge in [0.2, 0.25) is 0 Å². The summed E-state index contributed by atoms with van der Waals surface area (Å²) in [6.07, 6.45) is 8.24. The molecule has 0 spiro atoms. The SMILES string of the molecule is C(#Cc1ccccc1)c1ccccc1.CC1=CC=C[CH]1.[C-]#[O+].[C-]#[O+].[Mn]. The van der Waals surface area contributed by atoms with Gasteiger partial charge in [-0.25, -0.2) is 0 Å². The average molecular weight is 368 g/mol. The van der Waals surface area contributed by atoms with E-state index in [2.05, 4.69) is 44.6 Å². The molecular formula is C22H17MnO2. The van der Waals surface area contributed by atoms with Gasteiger partial charge in [-0.2, -0.15) is 0 Å². The molecule has 25 heavy (non-hydrogen) atoms. The minimum absolute atomic E-state index is 0. The van der Waals surface area contributed by atoms with E-state index >= 15 is 0 Å². The van der Waals surface area contributed by atoms with Crippen LogP contribution in [-0.2, 0) is 26.4 Å². The molecule has 0 aliphatic heterocycles. The Kier molecular flexibility index (Phi) is 17.6. The number of hydrogen-bond donors (Lipinski definition) is 0.